The molecular formula is C11H12BrN. The summed E-state index contributed by atoms with van der Waals surface area (Å²) in [5.41, 5.74) is 9.38. The molecule has 0 bridgehead atoms. The molecule has 0 amide bonds. The Hall–Kier alpha value is -0.340. The third-order valence-electron chi connectivity index (χ3n) is 3.58. The molecular weight excluding hydrogens is 226 g/mol. The number of fused-ring (bicyclic) bond motifs is 2. The molecule has 2 aliphatic carbocycles. The van der Waals surface area contributed by atoms with Crippen LogP contribution in [0.4, 0.5) is 0 Å². The zero-order valence-corrected chi connectivity index (χ0v) is 8.97. The molecule has 68 valence electrons. The molecule has 2 unspecified atom stereocenters. The molecule has 2 atom stereocenters. The van der Waals surface area contributed by atoms with E-state index in [1.807, 2.05) is 0 Å². The fourth-order valence-electron chi connectivity index (χ4n) is 2.70. The first-order chi connectivity index (χ1) is 6.16. The molecule has 3 rings (SSSR count). The molecule has 1 nitrogen and oxygen atoms in total. The number of rotatable bonds is 0. The summed E-state index contributed by atoms with van der Waals surface area (Å²) < 4.78 is -0.118. The van der Waals surface area contributed by atoms with Crippen LogP contribution in [0.15, 0.2) is 24.3 Å². The summed E-state index contributed by atoms with van der Waals surface area (Å²) in [5.74, 6) is 0. The van der Waals surface area contributed by atoms with Crippen molar-refractivity contribution in [3.8, 4) is 0 Å². The molecule has 2 heteroatoms. The second-order valence-electron chi connectivity index (χ2n) is 4.28. The SMILES string of the molecule is NC1(Br)CC12CCc1ccccc12. The van der Waals surface area contributed by atoms with Gasteiger partial charge in [-0.15, -0.1) is 0 Å². The van der Waals surface area contributed by atoms with Crippen LogP contribution in [0.5, 0.6) is 0 Å². The van der Waals surface area contributed by atoms with E-state index in [4.69, 9.17) is 5.73 Å². The number of halogens is 1. The van der Waals surface area contributed by atoms with Gasteiger partial charge in [-0.1, -0.05) is 40.2 Å². The number of hydrogen-bond acceptors (Lipinski definition) is 1. The summed E-state index contributed by atoms with van der Waals surface area (Å²) in [6.45, 7) is 0. The van der Waals surface area contributed by atoms with E-state index >= 15 is 0 Å². The van der Waals surface area contributed by atoms with E-state index in [0.717, 1.165) is 6.42 Å². The van der Waals surface area contributed by atoms with Crippen molar-refractivity contribution in [3.63, 3.8) is 0 Å². The fraction of sp³-hybridized carbons (Fsp3) is 0.455. The summed E-state index contributed by atoms with van der Waals surface area (Å²) in [7, 11) is 0. The van der Waals surface area contributed by atoms with E-state index in [1.54, 1.807) is 0 Å². The molecule has 0 aromatic heterocycles. The lowest BCUT2D eigenvalue weighted by Gasteiger charge is -2.12. The number of alkyl halides is 1. The lowest BCUT2D eigenvalue weighted by Crippen LogP contribution is -2.24. The van der Waals surface area contributed by atoms with Crippen LogP contribution in [0, 0.1) is 0 Å². The summed E-state index contributed by atoms with van der Waals surface area (Å²) in [6.07, 6.45) is 3.51. The first kappa shape index (κ1) is 8.01. The summed E-state index contributed by atoms with van der Waals surface area (Å²) >= 11 is 3.62. The van der Waals surface area contributed by atoms with Gasteiger partial charge in [-0.3, -0.25) is 0 Å². The van der Waals surface area contributed by atoms with E-state index in [9.17, 15) is 0 Å². The van der Waals surface area contributed by atoms with Gasteiger partial charge in [0.1, 0.15) is 0 Å². The second kappa shape index (κ2) is 2.18. The smallest absolute Gasteiger partial charge is 0.0825 e. The zero-order valence-electron chi connectivity index (χ0n) is 7.39. The van der Waals surface area contributed by atoms with E-state index in [1.165, 1.54) is 24.0 Å². The molecule has 0 saturated heterocycles. The van der Waals surface area contributed by atoms with Crippen LogP contribution >= 0.6 is 15.9 Å². The molecule has 2 N–H and O–H groups in total. The van der Waals surface area contributed by atoms with E-state index in [0.29, 0.717) is 0 Å². The average Bonchev–Trinajstić information content (AvgIpc) is 2.51. The maximum atomic E-state index is 6.14. The van der Waals surface area contributed by atoms with Gasteiger partial charge in [0.25, 0.3) is 0 Å². The Bertz CT molecular complexity index is 372. The molecule has 1 aromatic rings. The van der Waals surface area contributed by atoms with Crippen molar-refractivity contribution in [1.29, 1.82) is 0 Å². The van der Waals surface area contributed by atoms with Gasteiger partial charge in [-0.2, -0.15) is 0 Å². The maximum absolute atomic E-state index is 6.14. The van der Waals surface area contributed by atoms with Crippen molar-refractivity contribution >= 4 is 15.9 Å². The Labute approximate surface area is 86.5 Å². The highest BCUT2D eigenvalue weighted by Gasteiger charge is 2.66. The Balaban J connectivity index is 2.15. The summed E-state index contributed by atoms with van der Waals surface area (Å²) in [6, 6.07) is 8.70. The molecule has 2 aliphatic rings. The highest BCUT2D eigenvalue weighted by molar-refractivity contribution is 9.10. The normalized spacial score (nSPS) is 40.8. The molecule has 1 saturated carbocycles. The van der Waals surface area contributed by atoms with Gasteiger partial charge in [-0.05, 0) is 30.4 Å². The topological polar surface area (TPSA) is 26.0 Å². The minimum Gasteiger partial charge on any atom is -0.316 e. The average molecular weight is 238 g/mol. The first-order valence-electron chi connectivity index (χ1n) is 4.72. The number of hydrogen-bond donors (Lipinski definition) is 1. The molecule has 0 radical (unpaired) electrons. The van der Waals surface area contributed by atoms with Crippen molar-refractivity contribution in [1.82, 2.24) is 0 Å². The van der Waals surface area contributed by atoms with Gasteiger partial charge in [0.05, 0.1) is 4.45 Å². The summed E-state index contributed by atoms with van der Waals surface area (Å²) in [4.78, 5) is 0. The predicted octanol–water partition coefficient (Wildman–Crippen LogP) is 2.32. The fourth-order valence-corrected chi connectivity index (χ4v) is 3.59. The van der Waals surface area contributed by atoms with Gasteiger partial charge >= 0.3 is 0 Å². The standard InChI is InChI=1S/C11H12BrN/c12-11(13)7-10(11)6-5-8-3-1-2-4-9(8)10/h1-4H,5-7,13H2. The Morgan fingerprint density at radius 1 is 1.31 bits per heavy atom. The van der Waals surface area contributed by atoms with Crippen molar-refractivity contribution in [3.05, 3.63) is 35.4 Å². The van der Waals surface area contributed by atoms with E-state index in [-0.39, 0.29) is 9.86 Å². The first-order valence-corrected chi connectivity index (χ1v) is 5.51. The van der Waals surface area contributed by atoms with Crippen LogP contribution in [0.25, 0.3) is 0 Å². The zero-order chi connectivity index (χ0) is 9.10. The van der Waals surface area contributed by atoms with E-state index in [2.05, 4.69) is 40.2 Å². The van der Waals surface area contributed by atoms with Crippen molar-refractivity contribution in [2.24, 2.45) is 5.73 Å². The largest absolute Gasteiger partial charge is 0.316 e. The lowest BCUT2D eigenvalue weighted by molar-refractivity contribution is 0.637. The van der Waals surface area contributed by atoms with E-state index < -0.39 is 0 Å². The van der Waals surface area contributed by atoms with Gasteiger partial charge in [-0.25, -0.2) is 0 Å². The number of aryl methyl sites for hydroxylation is 1. The highest BCUT2D eigenvalue weighted by atomic mass is 79.9. The lowest BCUT2D eigenvalue weighted by atomic mass is 9.98. The Morgan fingerprint density at radius 2 is 2.00 bits per heavy atom. The van der Waals surface area contributed by atoms with Crippen LogP contribution in [0.1, 0.15) is 24.0 Å². The quantitative estimate of drug-likeness (QED) is 0.544. The number of benzene rings is 1. The monoisotopic (exact) mass is 237 g/mol. The van der Waals surface area contributed by atoms with Gasteiger partial charge in [0, 0.05) is 5.41 Å². The molecule has 0 aliphatic heterocycles. The van der Waals surface area contributed by atoms with Gasteiger partial charge in [0.2, 0.25) is 0 Å². The third-order valence-corrected chi connectivity index (χ3v) is 4.62. The molecule has 1 fully saturated rings. The molecule has 1 spiro atoms. The van der Waals surface area contributed by atoms with Crippen LogP contribution in [-0.2, 0) is 11.8 Å². The van der Waals surface area contributed by atoms with Gasteiger partial charge < -0.3 is 5.73 Å². The van der Waals surface area contributed by atoms with Crippen molar-refractivity contribution < 1.29 is 0 Å². The highest BCUT2D eigenvalue weighted by Crippen LogP contribution is 2.65. The second-order valence-corrected chi connectivity index (χ2v) is 5.69. The molecule has 1 aromatic carbocycles. The van der Waals surface area contributed by atoms with Crippen LogP contribution < -0.4 is 5.73 Å². The van der Waals surface area contributed by atoms with Gasteiger partial charge in [0.15, 0.2) is 0 Å². The van der Waals surface area contributed by atoms with Crippen molar-refractivity contribution in [2.45, 2.75) is 29.1 Å². The van der Waals surface area contributed by atoms with Crippen LogP contribution in [-0.4, -0.2) is 4.45 Å². The Kier molecular flexibility index (Phi) is 1.34. The maximum Gasteiger partial charge on any atom is 0.0825 e. The number of nitrogens with two attached hydrogens (primary N) is 1. The van der Waals surface area contributed by atoms with Crippen molar-refractivity contribution in [2.75, 3.05) is 0 Å². The summed E-state index contributed by atoms with van der Waals surface area (Å²) in [5, 5.41) is 0. The predicted molar refractivity (Wildman–Crippen MR) is 56.9 cm³/mol. The Morgan fingerprint density at radius 3 is 2.69 bits per heavy atom. The van der Waals surface area contributed by atoms with Crippen LogP contribution in [0.2, 0.25) is 0 Å². The molecule has 0 heterocycles. The minimum absolute atomic E-state index is 0.118. The third kappa shape index (κ3) is 0.856. The minimum atomic E-state index is -0.118. The van der Waals surface area contributed by atoms with Crippen LogP contribution in [0.3, 0.4) is 0 Å². The molecule has 13 heavy (non-hydrogen) atoms.